The number of carbonyl (C=O) groups is 1. The number of methoxy groups -OCH3 is 1. The van der Waals surface area contributed by atoms with Crippen molar-refractivity contribution in [1.29, 1.82) is 0 Å². The minimum Gasteiger partial charge on any atom is -0.497 e. The number of aromatic nitrogens is 1. The van der Waals surface area contributed by atoms with Crippen LogP contribution >= 0.6 is 0 Å². The molecule has 4 rings (SSSR count). The molecule has 5 heteroatoms. The first-order chi connectivity index (χ1) is 12.7. The molecule has 0 atom stereocenters. The van der Waals surface area contributed by atoms with Crippen LogP contribution in [0.3, 0.4) is 0 Å². The summed E-state index contributed by atoms with van der Waals surface area (Å²) in [5.41, 5.74) is 2.06. The first-order valence-electron chi connectivity index (χ1n) is 8.78. The van der Waals surface area contributed by atoms with Crippen molar-refractivity contribution in [3.63, 3.8) is 0 Å². The lowest BCUT2D eigenvalue weighted by molar-refractivity contribution is 0.0982. The number of hydrogen-bond acceptors (Lipinski definition) is 3. The molecule has 26 heavy (non-hydrogen) atoms. The summed E-state index contributed by atoms with van der Waals surface area (Å²) in [6.07, 6.45) is 2.84. The Hall–Kier alpha value is -3.08. The number of nitrogens with one attached hydrogen (secondary N) is 1. The zero-order valence-electron chi connectivity index (χ0n) is 14.6. The first-order valence-corrected chi connectivity index (χ1v) is 8.78. The molecule has 132 valence electrons. The van der Waals surface area contributed by atoms with E-state index in [-0.39, 0.29) is 11.5 Å². The van der Waals surface area contributed by atoms with Gasteiger partial charge in [0.05, 0.1) is 7.11 Å². The van der Waals surface area contributed by atoms with Gasteiger partial charge in [-0.1, -0.05) is 18.2 Å². The van der Waals surface area contributed by atoms with Crippen LogP contribution in [0.25, 0.3) is 10.8 Å². The summed E-state index contributed by atoms with van der Waals surface area (Å²) >= 11 is 0. The van der Waals surface area contributed by atoms with E-state index in [1.807, 2.05) is 36.4 Å². The topological polar surface area (TPSA) is 62.4 Å². The minimum absolute atomic E-state index is 0.179. The maximum atomic E-state index is 13.2. The van der Waals surface area contributed by atoms with E-state index in [9.17, 15) is 9.59 Å². The number of benzene rings is 2. The quantitative estimate of drug-likeness (QED) is 0.771. The second-order valence-electron chi connectivity index (χ2n) is 6.51. The van der Waals surface area contributed by atoms with E-state index in [1.165, 1.54) is 0 Å². The molecule has 0 unspecified atom stereocenters. The van der Waals surface area contributed by atoms with Gasteiger partial charge in [-0.2, -0.15) is 0 Å². The van der Waals surface area contributed by atoms with Crippen LogP contribution in [0.1, 0.15) is 28.9 Å². The second kappa shape index (κ2) is 6.67. The van der Waals surface area contributed by atoms with Crippen molar-refractivity contribution in [1.82, 2.24) is 4.98 Å². The number of hydrogen-bond donors (Lipinski definition) is 1. The highest BCUT2D eigenvalue weighted by Crippen LogP contribution is 2.30. The van der Waals surface area contributed by atoms with Gasteiger partial charge in [0.15, 0.2) is 0 Å². The lowest BCUT2D eigenvalue weighted by Gasteiger charge is -2.23. The van der Waals surface area contributed by atoms with Crippen molar-refractivity contribution in [2.75, 3.05) is 18.6 Å². The summed E-state index contributed by atoms with van der Waals surface area (Å²) in [4.78, 5) is 30.0. The van der Waals surface area contributed by atoms with E-state index in [2.05, 4.69) is 4.98 Å². The van der Waals surface area contributed by atoms with Gasteiger partial charge in [0.1, 0.15) is 11.4 Å². The van der Waals surface area contributed by atoms with Gasteiger partial charge in [-0.3, -0.25) is 9.59 Å². The summed E-state index contributed by atoms with van der Waals surface area (Å²) in [5.74, 6) is 0.610. The summed E-state index contributed by atoms with van der Waals surface area (Å²) in [6, 6.07) is 14.8. The van der Waals surface area contributed by atoms with Crippen LogP contribution in [-0.4, -0.2) is 24.5 Å². The Morgan fingerprint density at radius 2 is 1.96 bits per heavy atom. The fourth-order valence-corrected chi connectivity index (χ4v) is 3.54. The SMILES string of the molecule is COc1ccc2c(c1)CCCCN2C(=O)c1cc2ccccc2c(=O)[nH]1. The third kappa shape index (κ3) is 2.86. The summed E-state index contributed by atoms with van der Waals surface area (Å²) in [5, 5.41) is 1.36. The van der Waals surface area contributed by atoms with E-state index in [0.717, 1.165) is 41.6 Å². The van der Waals surface area contributed by atoms with Gasteiger partial charge in [0.2, 0.25) is 0 Å². The maximum absolute atomic E-state index is 13.2. The normalized spacial score (nSPS) is 14.0. The number of H-pyrrole nitrogens is 1. The molecule has 2 heterocycles. The number of rotatable bonds is 2. The highest BCUT2D eigenvalue weighted by Gasteiger charge is 2.23. The minimum atomic E-state index is -0.240. The number of anilines is 1. The molecule has 3 aromatic rings. The number of aryl methyl sites for hydroxylation is 1. The molecule has 0 bridgehead atoms. The fourth-order valence-electron chi connectivity index (χ4n) is 3.54. The monoisotopic (exact) mass is 348 g/mol. The molecular weight excluding hydrogens is 328 g/mol. The number of carbonyl (C=O) groups excluding carboxylic acids is 1. The number of amides is 1. The average molecular weight is 348 g/mol. The summed E-state index contributed by atoms with van der Waals surface area (Å²) in [6.45, 7) is 0.632. The highest BCUT2D eigenvalue weighted by molar-refractivity contribution is 6.07. The van der Waals surface area contributed by atoms with Gasteiger partial charge in [-0.25, -0.2) is 0 Å². The first kappa shape index (κ1) is 16.4. The Bertz CT molecular complexity index is 1040. The number of pyridine rings is 1. The Kier molecular flexibility index (Phi) is 4.21. The molecule has 0 aliphatic carbocycles. The molecule has 2 aromatic carbocycles. The predicted molar refractivity (Wildman–Crippen MR) is 102 cm³/mol. The molecule has 0 radical (unpaired) electrons. The standard InChI is InChI=1S/C21H20N2O3/c1-26-16-9-10-19-15(12-16)7-4-5-11-23(19)21(25)18-13-14-6-2-3-8-17(14)20(24)22-18/h2-3,6,8-10,12-13H,4-5,7,11H2,1H3,(H,22,24). The molecule has 1 aromatic heterocycles. The van der Waals surface area contributed by atoms with Gasteiger partial charge < -0.3 is 14.6 Å². The number of aromatic amines is 1. The van der Waals surface area contributed by atoms with Gasteiger partial charge >= 0.3 is 0 Å². The Balaban J connectivity index is 1.78. The third-order valence-corrected chi connectivity index (χ3v) is 4.88. The third-order valence-electron chi connectivity index (χ3n) is 4.88. The number of nitrogens with zero attached hydrogens (tertiary/aromatic N) is 1. The van der Waals surface area contributed by atoms with Crippen molar-refractivity contribution in [2.24, 2.45) is 0 Å². The number of ether oxygens (including phenoxy) is 1. The molecule has 1 N–H and O–H groups in total. The van der Waals surface area contributed by atoms with Crippen molar-refractivity contribution in [3.05, 3.63) is 70.1 Å². The van der Waals surface area contributed by atoms with Crippen LogP contribution in [0.2, 0.25) is 0 Å². The zero-order chi connectivity index (χ0) is 18.1. The van der Waals surface area contributed by atoms with Crippen LogP contribution in [0, 0.1) is 0 Å². The highest BCUT2D eigenvalue weighted by atomic mass is 16.5. The molecule has 0 fully saturated rings. The van der Waals surface area contributed by atoms with E-state index in [1.54, 1.807) is 24.1 Å². The van der Waals surface area contributed by atoms with Gasteiger partial charge in [0.25, 0.3) is 11.5 Å². The van der Waals surface area contributed by atoms with Gasteiger partial charge in [0, 0.05) is 17.6 Å². The van der Waals surface area contributed by atoms with Crippen LogP contribution in [0.5, 0.6) is 5.75 Å². The lowest BCUT2D eigenvalue weighted by atomic mass is 10.1. The predicted octanol–water partition coefficient (Wildman–Crippen LogP) is 3.52. The van der Waals surface area contributed by atoms with Crippen molar-refractivity contribution in [3.8, 4) is 5.75 Å². The van der Waals surface area contributed by atoms with Crippen LogP contribution < -0.4 is 15.2 Å². The second-order valence-corrected chi connectivity index (χ2v) is 6.51. The smallest absolute Gasteiger partial charge is 0.274 e. The average Bonchev–Trinajstić information content (AvgIpc) is 2.89. The van der Waals surface area contributed by atoms with E-state index < -0.39 is 0 Å². The van der Waals surface area contributed by atoms with E-state index in [0.29, 0.717) is 17.6 Å². The van der Waals surface area contributed by atoms with Gasteiger partial charge in [-0.05, 0) is 60.5 Å². The lowest BCUT2D eigenvalue weighted by Crippen LogP contribution is -2.33. The summed E-state index contributed by atoms with van der Waals surface area (Å²) in [7, 11) is 1.64. The molecule has 1 aliphatic heterocycles. The van der Waals surface area contributed by atoms with E-state index in [4.69, 9.17) is 4.74 Å². The number of fused-ring (bicyclic) bond motifs is 2. The Morgan fingerprint density at radius 1 is 1.12 bits per heavy atom. The molecule has 0 saturated carbocycles. The van der Waals surface area contributed by atoms with Crippen LogP contribution in [0.4, 0.5) is 5.69 Å². The molecular formula is C21H20N2O3. The van der Waals surface area contributed by atoms with Crippen LogP contribution in [-0.2, 0) is 6.42 Å². The molecule has 0 saturated heterocycles. The van der Waals surface area contributed by atoms with Crippen molar-refractivity contribution < 1.29 is 9.53 Å². The van der Waals surface area contributed by atoms with Crippen molar-refractivity contribution in [2.45, 2.75) is 19.3 Å². The molecule has 0 spiro atoms. The molecule has 1 amide bonds. The largest absolute Gasteiger partial charge is 0.497 e. The van der Waals surface area contributed by atoms with E-state index >= 15 is 0 Å². The molecule has 1 aliphatic rings. The van der Waals surface area contributed by atoms with Gasteiger partial charge in [-0.15, -0.1) is 0 Å². The Labute approximate surface area is 151 Å². The summed E-state index contributed by atoms with van der Waals surface area (Å²) < 4.78 is 5.31. The maximum Gasteiger partial charge on any atom is 0.274 e. The zero-order valence-corrected chi connectivity index (χ0v) is 14.6. The fraction of sp³-hybridized carbons (Fsp3) is 0.238. The molecule has 5 nitrogen and oxygen atoms in total. The van der Waals surface area contributed by atoms with Crippen molar-refractivity contribution >= 4 is 22.4 Å². The van der Waals surface area contributed by atoms with Crippen LogP contribution in [0.15, 0.2) is 53.3 Å². The Morgan fingerprint density at radius 3 is 2.81 bits per heavy atom.